The molecule has 16 heteroatoms. The molecule has 2 atom stereocenters. The molecule has 5 rings (SSSR count). The Labute approximate surface area is 271 Å². The molecule has 1 spiro atoms. The molecule has 0 aromatic heterocycles. The van der Waals surface area contributed by atoms with Crippen molar-refractivity contribution in [2.24, 2.45) is 0 Å². The summed E-state index contributed by atoms with van der Waals surface area (Å²) in [5.41, 5.74) is -1.32. The highest BCUT2D eigenvalue weighted by atomic mass is 32.2. The van der Waals surface area contributed by atoms with E-state index in [0.717, 1.165) is 12.1 Å². The zero-order valence-electron chi connectivity index (χ0n) is 25.4. The number of ether oxygens (including phenoxy) is 3. The molecule has 3 N–H and O–H groups in total. The van der Waals surface area contributed by atoms with Crippen LogP contribution in [0, 0.1) is 0 Å². The number of hydrogen-bond acceptors (Lipinski definition) is 9. The predicted octanol–water partition coefficient (Wildman–Crippen LogP) is 3.75. The van der Waals surface area contributed by atoms with Crippen LogP contribution in [0.2, 0.25) is 0 Å². The second kappa shape index (κ2) is 14.1. The first-order chi connectivity index (χ1) is 22.2. The fourth-order valence-electron chi connectivity index (χ4n) is 5.56. The largest absolute Gasteiger partial charge is 0.491 e. The maximum Gasteiger partial charge on any atom is 0.416 e. The maximum atomic E-state index is 13.5. The van der Waals surface area contributed by atoms with Crippen LogP contribution in [0.15, 0.2) is 82.6 Å². The Hall–Kier alpha value is -3.25. The van der Waals surface area contributed by atoms with Gasteiger partial charge >= 0.3 is 6.18 Å². The minimum atomic E-state index is -4.48. The standard InChI is InChI=1S/C31H36F3N3O8S2/c1-35-46(39,40)28-6-2-4-26(16-28)43-21-24(38)19-36-23-18-30(44-20-23)12-14-37(15-13-30)47(41,42)29-7-3-5-27(17-29)45-25-10-8-22(9-11-25)31(32,33)34/h2-11,16-17,23-24,35-36,38H,12-15,18-21H2,1H3. The highest BCUT2D eigenvalue weighted by Gasteiger charge is 2.44. The quantitative estimate of drug-likeness (QED) is 0.258. The summed E-state index contributed by atoms with van der Waals surface area (Å²) in [5.74, 6) is 0.625. The molecule has 2 aliphatic rings. The summed E-state index contributed by atoms with van der Waals surface area (Å²) in [6.07, 6.45) is -3.76. The van der Waals surface area contributed by atoms with E-state index >= 15 is 0 Å². The van der Waals surface area contributed by atoms with Crippen molar-refractivity contribution in [1.82, 2.24) is 14.3 Å². The predicted molar refractivity (Wildman–Crippen MR) is 165 cm³/mol. The van der Waals surface area contributed by atoms with Crippen LogP contribution >= 0.6 is 0 Å². The van der Waals surface area contributed by atoms with Crippen molar-refractivity contribution in [2.75, 3.05) is 39.9 Å². The van der Waals surface area contributed by atoms with E-state index in [1.165, 1.54) is 59.9 Å². The Morgan fingerprint density at radius 3 is 2.26 bits per heavy atom. The van der Waals surface area contributed by atoms with Gasteiger partial charge in [0.25, 0.3) is 0 Å². The van der Waals surface area contributed by atoms with Crippen LogP contribution in [0.25, 0.3) is 0 Å². The minimum absolute atomic E-state index is 0.0105. The number of aliphatic hydroxyl groups is 1. The third-order valence-corrected chi connectivity index (χ3v) is 11.5. The molecule has 0 amide bonds. The van der Waals surface area contributed by atoms with E-state index in [0.29, 0.717) is 31.6 Å². The van der Waals surface area contributed by atoms with Crippen molar-refractivity contribution in [3.63, 3.8) is 0 Å². The van der Waals surface area contributed by atoms with Crippen LogP contribution in [0.1, 0.15) is 24.8 Å². The summed E-state index contributed by atoms with van der Waals surface area (Å²) in [4.78, 5) is 0.0629. The number of rotatable bonds is 12. The smallest absolute Gasteiger partial charge is 0.416 e. The fraction of sp³-hybridized carbons (Fsp3) is 0.419. The van der Waals surface area contributed by atoms with Crippen LogP contribution in [0.4, 0.5) is 13.2 Å². The number of sulfonamides is 2. The van der Waals surface area contributed by atoms with Crippen molar-refractivity contribution in [3.05, 3.63) is 78.4 Å². The fourth-order valence-corrected chi connectivity index (χ4v) is 7.80. The molecular weight excluding hydrogens is 663 g/mol. The van der Waals surface area contributed by atoms with Gasteiger partial charge in [-0.05, 0) is 74.8 Å². The van der Waals surface area contributed by atoms with E-state index in [1.54, 1.807) is 12.1 Å². The van der Waals surface area contributed by atoms with Crippen molar-refractivity contribution in [2.45, 2.75) is 53.0 Å². The van der Waals surface area contributed by atoms with Gasteiger partial charge in [-0.1, -0.05) is 12.1 Å². The summed E-state index contributed by atoms with van der Waals surface area (Å²) >= 11 is 0. The third-order valence-electron chi connectivity index (χ3n) is 8.17. The van der Waals surface area contributed by atoms with Gasteiger partial charge in [0.15, 0.2) is 0 Å². The molecule has 0 aliphatic carbocycles. The van der Waals surface area contributed by atoms with Crippen LogP contribution < -0.4 is 19.5 Å². The van der Waals surface area contributed by atoms with Gasteiger partial charge in [0, 0.05) is 37.8 Å². The van der Waals surface area contributed by atoms with E-state index in [4.69, 9.17) is 14.2 Å². The van der Waals surface area contributed by atoms with Gasteiger partial charge in [0.05, 0.1) is 27.6 Å². The molecule has 2 heterocycles. The zero-order chi connectivity index (χ0) is 33.9. The molecule has 256 valence electrons. The van der Waals surface area contributed by atoms with Crippen LogP contribution in [0.3, 0.4) is 0 Å². The van der Waals surface area contributed by atoms with E-state index in [1.807, 2.05) is 0 Å². The Morgan fingerprint density at radius 2 is 1.60 bits per heavy atom. The van der Waals surface area contributed by atoms with Gasteiger partial charge in [-0.2, -0.15) is 17.5 Å². The van der Waals surface area contributed by atoms with E-state index in [-0.39, 0.29) is 53.6 Å². The first kappa shape index (κ1) is 35.1. The van der Waals surface area contributed by atoms with Crippen molar-refractivity contribution in [1.29, 1.82) is 0 Å². The van der Waals surface area contributed by atoms with Crippen LogP contribution in [-0.4, -0.2) is 83.9 Å². The number of aliphatic hydroxyl groups excluding tert-OH is 1. The Balaban J connectivity index is 1.09. The number of nitrogens with one attached hydrogen (secondary N) is 2. The summed E-state index contributed by atoms with van der Waals surface area (Å²) in [5, 5.41) is 13.7. The van der Waals surface area contributed by atoms with Gasteiger partial charge in [0.2, 0.25) is 20.0 Å². The average Bonchev–Trinajstić information content (AvgIpc) is 3.45. The monoisotopic (exact) mass is 699 g/mol. The van der Waals surface area contributed by atoms with Gasteiger partial charge in [-0.25, -0.2) is 21.6 Å². The summed E-state index contributed by atoms with van der Waals surface area (Å²) in [7, 11) is -6.19. The number of halogens is 3. The molecule has 3 aromatic rings. The van der Waals surface area contributed by atoms with Crippen molar-refractivity contribution >= 4 is 20.0 Å². The van der Waals surface area contributed by atoms with E-state index < -0.39 is 43.5 Å². The number of piperidine rings is 1. The van der Waals surface area contributed by atoms with Gasteiger partial charge in [0.1, 0.15) is 30.0 Å². The van der Waals surface area contributed by atoms with Gasteiger partial charge in [-0.15, -0.1) is 0 Å². The zero-order valence-corrected chi connectivity index (χ0v) is 27.1. The number of alkyl halides is 3. The Bertz CT molecular complexity index is 1750. The van der Waals surface area contributed by atoms with Gasteiger partial charge < -0.3 is 24.6 Å². The molecule has 2 fully saturated rings. The summed E-state index contributed by atoms with van der Waals surface area (Å²) in [6, 6.07) is 15.9. The van der Waals surface area contributed by atoms with E-state index in [2.05, 4.69) is 10.0 Å². The number of benzene rings is 3. The summed E-state index contributed by atoms with van der Waals surface area (Å²) < 4.78 is 110. The SMILES string of the molecule is CNS(=O)(=O)c1cccc(OCC(O)CNC2COC3(CCN(S(=O)(=O)c4cccc(Oc5ccc(C(F)(F)F)cc5)c4)CC3)C2)c1. The molecule has 11 nitrogen and oxygen atoms in total. The third kappa shape index (κ3) is 8.62. The lowest BCUT2D eigenvalue weighted by Gasteiger charge is -2.38. The van der Waals surface area contributed by atoms with Crippen molar-refractivity contribution < 1.29 is 49.3 Å². The topological polar surface area (TPSA) is 144 Å². The summed E-state index contributed by atoms with van der Waals surface area (Å²) in [6.45, 7) is 1.02. The Morgan fingerprint density at radius 1 is 0.957 bits per heavy atom. The molecular formula is C31H36F3N3O8S2. The lowest BCUT2D eigenvalue weighted by molar-refractivity contribution is -0.137. The molecule has 2 aliphatic heterocycles. The lowest BCUT2D eigenvalue weighted by atomic mass is 9.88. The average molecular weight is 700 g/mol. The first-order valence-corrected chi connectivity index (χ1v) is 17.8. The van der Waals surface area contributed by atoms with E-state index in [9.17, 15) is 35.1 Å². The molecule has 2 saturated heterocycles. The highest BCUT2D eigenvalue weighted by Crippen LogP contribution is 2.38. The number of hydrogen-bond donors (Lipinski definition) is 3. The van der Waals surface area contributed by atoms with Crippen LogP contribution in [0.5, 0.6) is 17.2 Å². The first-order valence-electron chi connectivity index (χ1n) is 14.9. The van der Waals surface area contributed by atoms with Crippen LogP contribution in [-0.2, 0) is 31.0 Å². The molecule has 0 bridgehead atoms. The van der Waals surface area contributed by atoms with Gasteiger partial charge in [-0.3, -0.25) is 0 Å². The highest BCUT2D eigenvalue weighted by molar-refractivity contribution is 7.89. The maximum absolute atomic E-state index is 13.5. The second-order valence-corrected chi connectivity index (χ2v) is 15.3. The second-order valence-electron chi connectivity index (χ2n) is 11.5. The lowest BCUT2D eigenvalue weighted by Crippen LogP contribution is -2.47. The molecule has 0 saturated carbocycles. The molecule has 0 radical (unpaired) electrons. The van der Waals surface area contributed by atoms with Crippen molar-refractivity contribution in [3.8, 4) is 17.2 Å². The molecule has 3 aromatic carbocycles. The molecule has 47 heavy (non-hydrogen) atoms. The normalized spacial score (nSPS) is 19.5. The Kier molecular flexibility index (Phi) is 10.5. The molecule has 2 unspecified atom stereocenters. The number of nitrogens with zero attached hydrogens (tertiary/aromatic N) is 1. The minimum Gasteiger partial charge on any atom is -0.491 e.